The van der Waals surface area contributed by atoms with Gasteiger partial charge in [-0.05, 0) is 24.8 Å². The molecule has 2 aromatic rings. The summed E-state index contributed by atoms with van der Waals surface area (Å²) in [6.45, 7) is 2.07. The van der Waals surface area contributed by atoms with Crippen LogP contribution in [0.15, 0.2) is 30.3 Å². The summed E-state index contributed by atoms with van der Waals surface area (Å²) in [5.41, 5.74) is 4.35. The van der Waals surface area contributed by atoms with E-state index in [1.54, 1.807) is 0 Å². The van der Waals surface area contributed by atoms with Crippen LogP contribution in [0.2, 0.25) is 0 Å². The second-order valence-corrected chi connectivity index (χ2v) is 6.75. The van der Waals surface area contributed by atoms with Gasteiger partial charge in [-0.3, -0.25) is 0 Å². The summed E-state index contributed by atoms with van der Waals surface area (Å²) in [4.78, 5) is 5.00. The van der Waals surface area contributed by atoms with Gasteiger partial charge in [0, 0.05) is 43.1 Å². The van der Waals surface area contributed by atoms with Gasteiger partial charge >= 0.3 is 0 Å². The van der Waals surface area contributed by atoms with Gasteiger partial charge in [0.05, 0.1) is 5.69 Å². The number of fused-ring (bicyclic) bond motifs is 1. The minimum atomic E-state index is 0.664. The maximum absolute atomic E-state index is 5.00. The predicted octanol–water partition coefficient (Wildman–Crippen LogP) is 3.13. The van der Waals surface area contributed by atoms with Crippen molar-refractivity contribution in [2.45, 2.75) is 50.1 Å². The van der Waals surface area contributed by atoms with Crippen molar-refractivity contribution in [1.82, 2.24) is 14.9 Å². The van der Waals surface area contributed by atoms with Crippen LogP contribution in [0.5, 0.6) is 0 Å². The lowest BCUT2D eigenvalue weighted by atomic mass is 10.1. The molecule has 3 nitrogen and oxygen atoms in total. The molecule has 108 valence electrons. The highest BCUT2D eigenvalue weighted by Crippen LogP contribution is 2.54. The molecule has 1 aliphatic heterocycles. The predicted molar refractivity (Wildman–Crippen MR) is 82.4 cm³/mol. The Bertz CT molecular complexity index is 669. The van der Waals surface area contributed by atoms with Gasteiger partial charge in [0.15, 0.2) is 0 Å². The van der Waals surface area contributed by atoms with E-state index in [0.717, 1.165) is 25.4 Å². The van der Waals surface area contributed by atoms with Crippen LogP contribution in [-0.2, 0) is 13.0 Å². The van der Waals surface area contributed by atoms with Crippen molar-refractivity contribution in [3.63, 3.8) is 0 Å². The van der Waals surface area contributed by atoms with E-state index in [9.17, 15) is 0 Å². The van der Waals surface area contributed by atoms with E-state index >= 15 is 0 Å². The second-order valence-electron chi connectivity index (χ2n) is 6.75. The van der Waals surface area contributed by atoms with Gasteiger partial charge < -0.3 is 9.88 Å². The Hall–Kier alpha value is -1.61. The van der Waals surface area contributed by atoms with Crippen LogP contribution in [0.4, 0.5) is 0 Å². The van der Waals surface area contributed by atoms with Crippen molar-refractivity contribution in [1.29, 1.82) is 0 Å². The van der Waals surface area contributed by atoms with Gasteiger partial charge in [0.2, 0.25) is 0 Å². The molecule has 5 rings (SSSR count). The number of rotatable bonds is 3. The Morgan fingerprint density at radius 3 is 2.81 bits per heavy atom. The molecular weight excluding hydrogens is 258 g/mol. The molecule has 2 heterocycles. The van der Waals surface area contributed by atoms with Crippen molar-refractivity contribution in [3.05, 3.63) is 53.1 Å². The van der Waals surface area contributed by atoms with Crippen LogP contribution in [0.1, 0.15) is 59.9 Å². The Morgan fingerprint density at radius 1 is 1.14 bits per heavy atom. The highest BCUT2D eigenvalue weighted by atomic mass is 15.2. The smallest absolute Gasteiger partial charge is 0.112 e. The Morgan fingerprint density at radius 2 is 2.00 bits per heavy atom. The van der Waals surface area contributed by atoms with E-state index in [4.69, 9.17) is 4.98 Å². The van der Waals surface area contributed by atoms with Gasteiger partial charge in [-0.25, -0.2) is 4.98 Å². The minimum Gasteiger partial charge on any atom is -0.328 e. The topological polar surface area (TPSA) is 29.9 Å². The molecule has 21 heavy (non-hydrogen) atoms. The molecule has 0 amide bonds. The fourth-order valence-corrected chi connectivity index (χ4v) is 3.88. The Kier molecular flexibility index (Phi) is 2.53. The molecule has 0 saturated heterocycles. The zero-order chi connectivity index (χ0) is 13.8. The molecule has 3 aliphatic rings. The third kappa shape index (κ3) is 1.95. The average molecular weight is 279 g/mol. The molecule has 2 aliphatic carbocycles. The third-order valence-electron chi connectivity index (χ3n) is 5.21. The molecule has 0 spiro atoms. The van der Waals surface area contributed by atoms with Gasteiger partial charge in [0.1, 0.15) is 5.82 Å². The normalized spacial score (nSPS) is 27.4. The van der Waals surface area contributed by atoms with E-state index in [0.29, 0.717) is 12.0 Å². The van der Waals surface area contributed by atoms with Crippen LogP contribution in [-0.4, -0.2) is 16.1 Å². The monoisotopic (exact) mass is 279 g/mol. The first-order chi connectivity index (χ1) is 10.4. The van der Waals surface area contributed by atoms with Crippen LogP contribution >= 0.6 is 0 Å². The first-order valence-corrected chi connectivity index (χ1v) is 8.27. The van der Waals surface area contributed by atoms with Crippen molar-refractivity contribution < 1.29 is 0 Å². The number of hydrogen-bond donors (Lipinski definition) is 1. The van der Waals surface area contributed by atoms with E-state index in [1.807, 2.05) is 0 Å². The van der Waals surface area contributed by atoms with Crippen LogP contribution in [0.25, 0.3) is 0 Å². The van der Waals surface area contributed by atoms with Crippen LogP contribution in [0, 0.1) is 0 Å². The standard InChI is InChI=1S/C18H21N3/c1-2-4-12(5-3-1)14-10-17(14)21-16-8-9-19-11-15(16)20-18(21)13-6-7-13/h1-5,13-14,17,19H,6-11H2. The van der Waals surface area contributed by atoms with Crippen LogP contribution in [0.3, 0.4) is 0 Å². The van der Waals surface area contributed by atoms with E-state index in [-0.39, 0.29) is 0 Å². The molecule has 3 heteroatoms. The summed E-state index contributed by atoms with van der Waals surface area (Å²) < 4.78 is 2.64. The average Bonchev–Trinajstić information content (AvgIpc) is 3.45. The van der Waals surface area contributed by atoms with E-state index in [2.05, 4.69) is 40.2 Å². The first kappa shape index (κ1) is 12.0. The maximum Gasteiger partial charge on any atom is 0.112 e. The van der Waals surface area contributed by atoms with Crippen molar-refractivity contribution in [2.75, 3.05) is 6.54 Å². The molecule has 2 saturated carbocycles. The summed E-state index contributed by atoms with van der Waals surface area (Å²) in [6, 6.07) is 11.7. The van der Waals surface area contributed by atoms with Crippen molar-refractivity contribution >= 4 is 0 Å². The zero-order valence-corrected chi connectivity index (χ0v) is 12.3. The molecule has 1 aromatic heterocycles. The lowest BCUT2D eigenvalue weighted by Crippen LogP contribution is -2.25. The number of benzene rings is 1. The number of hydrogen-bond acceptors (Lipinski definition) is 2. The molecule has 2 unspecified atom stereocenters. The summed E-state index contributed by atoms with van der Waals surface area (Å²) in [6.07, 6.45) is 5.12. The van der Waals surface area contributed by atoms with E-state index < -0.39 is 0 Å². The number of imidazole rings is 1. The maximum atomic E-state index is 5.00. The van der Waals surface area contributed by atoms with Gasteiger partial charge in [0.25, 0.3) is 0 Å². The molecule has 2 atom stereocenters. The molecule has 1 N–H and O–H groups in total. The summed E-state index contributed by atoms with van der Waals surface area (Å²) in [5, 5.41) is 3.47. The molecular formula is C18H21N3. The minimum absolute atomic E-state index is 0.664. The lowest BCUT2D eigenvalue weighted by Gasteiger charge is -2.16. The highest BCUT2D eigenvalue weighted by Gasteiger charge is 2.44. The molecule has 0 bridgehead atoms. The lowest BCUT2D eigenvalue weighted by molar-refractivity contribution is 0.580. The summed E-state index contributed by atoms with van der Waals surface area (Å²) in [5.74, 6) is 2.84. The van der Waals surface area contributed by atoms with Gasteiger partial charge in [-0.2, -0.15) is 0 Å². The summed E-state index contributed by atoms with van der Waals surface area (Å²) in [7, 11) is 0. The number of aromatic nitrogens is 2. The SMILES string of the molecule is c1ccc(C2CC2n2c(C3CC3)nc3c2CCNC3)cc1. The number of nitrogens with one attached hydrogen (secondary N) is 1. The molecule has 2 fully saturated rings. The third-order valence-corrected chi connectivity index (χ3v) is 5.21. The quantitative estimate of drug-likeness (QED) is 0.935. The van der Waals surface area contributed by atoms with Gasteiger partial charge in [-0.15, -0.1) is 0 Å². The first-order valence-electron chi connectivity index (χ1n) is 8.27. The van der Waals surface area contributed by atoms with Crippen molar-refractivity contribution in [3.8, 4) is 0 Å². The zero-order valence-electron chi connectivity index (χ0n) is 12.3. The van der Waals surface area contributed by atoms with Crippen LogP contribution < -0.4 is 5.32 Å². The second kappa shape index (κ2) is 4.44. The number of nitrogens with zero attached hydrogens (tertiary/aromatic N) is 2. The van der Waals surface area contributed by atoms with Gasteiger partial charge in [-0.1, -0.05) is 30.3 Å². The Labute approximate surface area is 125 Å². The molecule has 0 radical (unpaired) electrons. The summed E-state index contributed by atoms with van der Waals surface area (Å²) >= 11 is 0. The van der Waals surface area contributed by atoms with Crippen molar-refractivity contribution in [2.24, 2.45) is 0 Å². The fraction of sp³-hybridized carbons (Fsp3) is 0.500. The highest BCUT2D eigenvalue weighted by molar-refractivity contribution is 5.32. The fourth-order valence-electron chi connectivity index (χ4n) is 3.88. The Balaban J connectivity index is 1.53. The molecule has 1 aromatic carbocycles. The van der Waals surface area contributed by atoms with E-state index in [1.165, 1.54) is 42.0 Å². The largest absolute Gasteiger partial charge is 0.328 e.